The van der Waals surface area contributed by atoms with Crippen molar-refractivity contribution in [1.82, 2.24) is 18.1 Å². The fraction of sp³-hybridized carbons (Fsp3) is 0.611. The number of hydrogen-bond acceptors (Lipinski definition) is 6. The standard InChI is InChI=1S/C18H26N4O4S2/c1-14-11-21(12-15(2)25-14)28(23,24)20-9-7-19(8-10-20)13-22-16-5-3-4-6-17(16)26-18(22)27/h3-6,14-15H,7-13H2,1-2H3. The van der Waals surface area contributed by atoms with Crippen LogP contribution in [0.5, 0.6) is 0 Å². The van der Waals surface area contributed by atoms with Crippen LogP contribution in [-0.2, 0) is 21.6 Å². The highest BCUT2D eigenvalue weighted by Gasteiger charge is 2.36. The minimum atomic E-state index is -3.47. The summed E-state index contributed by atoms with van der Waals surface area (Å²) in [5.74, 6) is 0. The van der Waals surface area contributed by atoms with Gasteiger partial charge in [0, 0.05) is 39.3 Å². The third-order valence-corrected chi connectivity index (χ3v) is 7.56. The largest absolute Gasteiger partial charge is 0.429 e. The maximum Gasteiger partial charge on any atom is 0.282 e. The van der Waals surface area contributed by atoms with Crippen LogP contribution in [0.4, 0.5) is 0 Å². The van der Waals surface area contributed by atoms with Crippen LogP contribution in [-0.4, -0.2) is 78.0 Å². The molecule has 0 saturated carbocycles. The maximum atomic E-state index is 13.0. The molecule has 2 aliphatic rings. The summed E-state index contributed by atoms with van der Waals surface area (Å²) in [7, 11) is -3.47. The lowest BCUT2D eigenvalue weighted by atomic mass is 10.3. The zero-order valence-corrected chi connectivity index (χ0v) is 17.8. The number of ether oxygens (including phenoxy) is 1. The number of aromatic nitrogens is 1. The van der Waals surface area contributed by atoms with Crippen LogP contribution >= 0.6 is 12.2 Å². The van der Waals surface area contributed by atoms with E-state index >= 15 is 0 Å². The molecule has 3 heterocycles. The van der Waals surface area contributed by atoms with Crippen molar-refractivity contribution >= 4 is 33.5 Å². The predicted octanol–water partition coefficient (Wildman–Crippen LogP) is 1.89. The lowest BCUT2D eigenvalue weighted by Crippen LogP contribution is -2.57. The molecule has 0 radical (unpaired) electrons. The number of nitrogens with zero attached hydrogens (tertiary/aromatic N) is 4. The van der Waals surface area contributed by atoms with Crippen LogP contribution in [0.2, 0.25) is 0 Å². The Hall–Kier alpha value is -1.30. The predicted molar refractivity (Wildman–Crippen MR) is 109 cm³/mol. The number of hydrogen-bond donors (Lipinski definition) is 0. The molecule has 1 aromatic carbocycles. The first-order chi connectivity index (χ1) is 13.3. The molecular weight excluding hydrogens is 400 g/mol. The third-order valence-electron chi connectivity index (χ3n) is 5.29. The van der Waals surface area contributed by atoms with E-state index in [1.807, 2.05) is 42.7 Å². The Bertz CT molecular complexity index is 984. The van der Waals surface area contributed by atoms with Crippen molar-refractivity contribution in [1.29, 1.82) is 0 Å². The van der Waals surface area contributed by atoms with Crippen molar-refractivity contribution in [2.24, 2.45) is 0 Å². The van der Waals surface area contributed by atoms with Crippen LogP contribution in [0, 0.1) is 4.84 Å². The number of piperazine rings is 1. The molecule has 0 amide bonds. The smallest absolute Gasteiger partial charge is 0.282 e. The SMILES string of the molecule is CC1CN(S(=O)(=O)N2CCN(Cn3c(=S)oc4ccccc43)CC2)CC(C)O1. The molecule has 4 rings (SSSR count). The van der Waals surface area contributed by atoms with Gasteiger partial charge in [-0.15, -0.1) is 0 Å². The second-order valence-corrected chi connectivity index (χ2v) is 9.78. The number of fused-ring (bicyclic) bond motifs is 1. The molecule has 28 heavy (non-hydrogen) atoms. The second kappa shape index (κ2) is 7.85. The minimum absolute atomic E-state index is 0.0870. The second-order valence-electron chi connectivity index (χ2n) is 7.50. The lowest BCUT2D eigenvalue weighted by molar-refractivity contribution is -0.0458. The first-order valence-corrected chi connectivity index (χ1v) is 11.4. The van der Waals surface area contributed by atoms with Gasteiger partial charge in [0.15, 0.2) is 5.58 Å². The van der Waals surface area contributed by atoms with E-state index < -0.39 is 10.2 Å². The van der Waals surface area contributed by atoms with E-state index in [1.54, 1.807) is 8.61 Å². The van der Waals surface area contributed by atoms with E-state index in [1.165, 1.54) is 0 Å². The molecule has 2 fully saturated rings. The van der Waals surface area contributed by atoms with Gasteiger partial charge in [-0.3, -0.25) is 9.47 Å². The number of morpholine rings is 1. The molecule has 10 heteroatoms. The first-order valence-electron chi connectivity index (χ1n) is 9.56. The highest BCUT2D eigenvalue weighted by atomic mass is 32.2. The monoisotopic (exact) mass is 426 g/mol. The van der Waals surface area contributed by atoms with Gasteiger partial charge in [0.2, 0.25) is 0 Å². The highest BCUT2D eigenvalue weighted by molar-refractivity contribution is 7.86. The first kappa shape index (κ1) is 20.0. The van der Waals surface area contributed by atoms with Crippen molar-refractivity contribution in [3.8, 4) is 0 Å². The zero-order valence-electron chi connectivity index (χ0n) is 16.2. The van der Waals surface area contributed by atoms with E-state index in [0.717, 1.165) is 11.1 Å². The van der Waals surface area contributed by atoms with Gasteiger partial charge in [0.1, 0.15) is 0 Å². The topological polar surface area (TPSA) is 71.2 Å². The average Bonchev–Trinajstić information content (AvgIpc) is 2.97. The summed E-state index contributed by atoms with van der Waals surface area (Å²) in [6.07, 6.45) is -0.174. The van der Waals surface area contributed by atoms with Gasteiger partial charge in [0.25, 0.3) is 15.0 Å². The molecule has 0 spiro atoms. The molecule has 2 aromatic rings. The number of rotatable bonds is 4. The summed E-state index contributed by atoms with van der Waals surface area (Å²) in [4.78, 5) is 2.64. The summed E-state index contributed by atoms with van der Waals surface area (Å²) < 4.78 is 42.5. The molecule has 0 N–H and O–H groups in total. The van der Waals surface area contributed by atoms with Crippen LogP contribution in [0.3, 0.4) is 0 Å². The van der Waals surface area contributed by atoms with Gasteiger partial charge in [0.05, 0.1) is 24.4 Å². The van der Waals surface area contributed by atoms with E-state index in [4.69, 9.17) is 21.4 Å². The molecule has 8 nitrogen and oxygen atoms in total. The Balaban J connectivity index is 1.42. The van der Waals surface area contributed by atoms with E-state index in [9.17, 15) is 8.42 Å². The van der Waals surface area contributed by atoms with E-state index in [2.05, 4.69) is 4.90 Å². The molecule has 1 aromatic heterocycles. The van der Waals surface area contributed by atoms with Gasteiger partial charge >= 0.3 is 0 Å². The van der Waals surface area contributed by atoms with Crippen molar-refractivity contribution in [3.05, 3.63) is 29.1 Å². The van der Waals surface area contributed by atoms with E-state index in [0.29, 0.717) is 50.8 Å². The number of oxazole rings is 1. The molecular formula is C18H26N4O4S2. The molecule has 2 aliphatic heterocycles. The molecule has 0 bridgehead atoms. The minimum Gasteiger partial charge on any atom is -0.429 e. The van der Waals surface area contributed by atoms with Gasteiger partial charge in [-0.2, -0.15) is 17.0 Å². The Kier molecular flexibility index (Phi) is 5.60. The molecule has 2 atom stereocenters. The van der Waals surface area contributed by atoms with Gasteiger partial charge in [-0.05, 0) is 38.2 Å². The Labute approximate surface area is 170 Å². The zero-order chi connectivity index (χ0) is 19.9. The highest BCUT2D eigenvalue weighted by Crippen LogP contribution is 2.21. The Morgan fingerprint density at radius 1 is 1.04 bits per heavy atom. The number of benzene rings is 1. The summed E-state index contributed by atoms with van der Waals surface area (Å²) in [6, 6.07) is 7.76. The average molecular weight is 427 g/mol. The fourth-order valence-corrected chi connectivity index (χ4v) is 5.93. The molecule has 2 saturated heterocycles. The van der Waals surface area contributed by atoms with Crippen molar-refractivity contribution in [2.45, 2.75) is 32.7 Å². The molecule has 0 aliphatic carbocycles. The fourth-order valence-electron chi connectivity index (χ4n) is 3.93. The summed E-state index contributed by atoms with van der Waals surface area (Å²) >= 11 is 5.36. The van der Waals surface area contributed by atoms with Crippen LogP contribution in [0.25, 0.3) is 11.1 Å². The third kappa shape index (κ3) is 3.89. The van der Waals surface area contributed by atoms with Gasteiger partial charge in [-0.25, -0.2) is 0 Å². The normalized spacial score (nSPS) is 26.1. The van der Waals surface area contributed by atoms with Crippen molar-refractivity contribution in [2.75, 3.05) is 39.3 Å². The summed E-state index contributed by atoms with van der Waals surface area (Å²) in [6.45, 7) is 7.45. The molecule has 154 valence electrons. The van der Waals surface area contributed by atoms with Crippen LogP contribution < -0.4 is 0 Å². The molecule has 2 unspecified atom stereocenters. The van der Waals surface area contributed by atoms with Crippen molar-refractivity contribution in [3.63, 3.8) is 0 Å². The Morgan fingerprint density at radius 3 is 2.36 bits per heavy atom. The number of para-hydroxylation sites is 2. The quantitative estimate of drug-likeness (QED) is 0.696. The Morgan fingerprint density at radius 2 is 1.68 bits per heavy atom. The summed E-state index contributed by atoms with van der Waals surface area (Å²) in [5, 5.41) is 0. The summed E-state index contributed by atoms with van der Waals surface area (Å²) in [5.41, 5.74) is 1.73. The maximum absolute atomic E-state index is 13.0. The van der Waals surface area contributed by atoms with Crippen molar-refractivity contribution < 1.29 is 17.6 Å². The van der Waals surface area contributed by atoms with E-state index in [-0.39, 0.29) is 12.2 Å². The van der Waals surface area contributed by atoms with Crippen LogP contribution in [0.1, 0.15) is 13.8 Å². The lowest BCUT2D eigenvalue weighted by Gasteiger charge is -2.40. The van der Waals surface area contributed by atoms with Gasteiger partial charge < -0.3 is 9.15 Å². The van der Waals surface area contributed by atoms with Gasteiger partial charge in [-0.1, -0.05) is 12.1 Å². The van der Waals surface area contributed by atoms with Crippen LogP contribution in [0.15, 0.2) is 28.7 Å².